The summed E-state index contributed by atoms with van der Waals surface area (Å²) < 4.78 is 0. The van der Waals surface area contributed by atoms with Crippen molar-refractivity contribution in [2.24, 2.45) is 0 Å². The van der Waals surface area contributed by atoms with Crippen molar-refractivity contribution in [1.29, 1.82) is 0 Å². The van der Waals surface area contributed by atoms with Gasteiger partial charge in [0.2, 0.25) is 5.91 Å². The van der Waals surface area contributed by atoms with Crippen LogP contribution in [0, 0.1) is 0 Å². The van der Waals surface area contributed by atoms with E-state index in [4.69, 9.17) is 0 Å². The quantitative estimate of drug-likeness (QED) is 0.763. The molecule has 1 aliphatic rings. The summed E-state index contributed by atoms with van der Waals surface area (Å²) in [7, 11) is 0. The van der Waals surface area contributed by atoms with E-state index in [-0.39, 0.29) is 5.91 Å². The molecule has 0 saturated carbocycles. The van der Waals surface area contributed by atoms with Gasteiger partial charge in [-0.05, 0) is 24.0 Å². The van der Waals surface area contributed by atoms with Crippen LogP contribution in [-0.2, 0) is 4.79 Å². The Hall–Kier alpha value is -1.57. The van der Waals surface area contributed by atoms with Crippen LogP contribution in [-0.4, -0.2) is 23.9 Å². The molecule has 0 saturated heterocycles. The fraction of sp³-hybridized carbons (Fsp3) is 0.400. The van der Waals surface area contributed by atoms with E-state index in [0.717, 1.165) is 25.9 Å². The van der Waals surface area contributed by atoms with E-state index < -0.39 is 0 Å². The summed E-state index contributed by atoms with van der Waals surface area (Å²) in [5.74, 6) is 0.271. The van der Waals surface area contributed by atoms with Crippen molar-refractivity contribution in [3.05, 3.63) is 42.0 Å². The van der Waals surface area contributed by atoms with Crippen LogP contribution in [0.3, 0.4) is 0 Å². The molecular weight excluding hydrogens is 210 g/mol. The zero-order chi connectivity index (χ0) is 12.1. The van der Waals surface area contributed by atoms with Crippen molar-refractivity contribution in [2.75, 3.05) is 13.1 Å². The van der Waals surface area contributed by atoms with Crippen molar-refractivity contribution < 1.29 is 4.79 Å². The normalized spacial score (nSPS) is 16.3. The molecule has 17 heavy (non-hydrogen) atoms. The fourth-order valence-corrected chi connectivity index (χ4v) is 2.25. The zero-order valence-corrected chi connectivity index (χ0v) is 10.4. The number of carbonyl (C=O) groups excluding carboxylic acids is 1. The molecule has 90 valence electrons. The van der Waals surface area contributed by atoms with Gasteiger partial charge in [-0.15, -0.1) is 0 Å². The van der Waals surface area contributed by atoms with Crippen LogP contribution >= 0.6 is 0 Å². The highest BCUT2D eigenvalue weighted by Gasteiger charge is 2.14. The van der Waals surface area contributed by atoms with Gasteiger partial charge in [0, 0.05) is 19.5 Å². The Morgan fingerprint density at radius 3 is 2.71 bits per heavy atom. The Kier molecular flexibility index (Phi) is 3.97. The Morgan fingerprint density at radius 2 is 2.00 bits per heavy atom. The van der Waals surface area contributed by atoms with Crippen LogP contribution in [0.15, 0.2) is 36.4 Å². The molecule has 2 nitrogen and oxygen atoms in total. The van der Waals surface area contributed by atoms with Crippen molar-refractivity contribution in [3.8, 4) is 0 Å². The molecule has 1 aromatic carbocycles. The summed E-state index contributed by atoms with van der Waals surface area (Å²) >= 11 is 0. The van der Waals surface area contributed by atoms with Crippen molar-refractivity contribution in [3.63, 3.8) is 0 Å². The second-order valence-corrected chi connectivity index (χ2v) is 4.37. The molecule has 0 aromatic heterocycles. The minimum atomic E-state index is 0.271. The molecule has 0 aliphatic carbocycles. The Balaban J connectivity index is 2.05. The molecule has 2 rings (SSSR count). The fourth-order valence-electron chi connectivity index (χ4n) is 2.25. The van der Waals surface area contributed by atoms with Gasteiger partial charge >= 0.3 is 0 Å². The monoisotopic (exact) mass is 229 g/mol. The summed E-state index contributed by atoms with van der Waals surface area (Å²) in [5.41, 5.74) is 2.66. The number of rotatable bonds is 2. The lowest BCUT2D eigenvalue weighted by molar-refractivity contribution is -0.130. The summed E-state index contributed by atoms with van der Waals surface area (Å²) in [6.45, 7) is 3.65. The van der Waals surface area contributed by atoms with Gasteiger partial charge in [0.25, 0.3) is 0 Å². The summed E-state index contributed by atoms with van der Waals surface area (Å²) in [4.78, 5) is 13.6. The maximum absolute atomic E-state index is 11.7. The molecule has 1 heterocycles. The molecule has 1 aromatic rings. The summed E-state index contributed by atoms with van der Waals surface area (Å²) in [6.07, 6.45) is 4.82. The molecule has 1 aliphatic heterocycles. The number of hydrogen-bond acceptors (Lipinski definition) is 1. The number of amides is 1. The molecule has 2 heteroatoms. The minimum absolute atomic E-state index is 0.271. The predicted molar refractivity (Wildman–Crippen MR) is 70.5 cm³/mol. The van der Waals surface area contributed by atoms with Gasteiger partial charge in [-0.25, -0.2) is 0 Å². The Labute approximate surface area is 103 Å². The third-order valence-electron chi connectivity index (χ3n) is 3.24. The number of nitrogens with zero attached hydrogens (tertiary/aromatic N) is 1. The highest BCUT2D eigenvalue weighted by molar-refractivity contribution is 5.76. The van der Waals surface area contributed by atoms with E-state index in [1.807, 2.05) is 17.9 Å². The number of benzene rings is 1. The first-order chi connectivity index (χ1) is 8.31. The van der Waals surface area contributed by atoms with Crippen molar-refractivity contribution in [2.45, 2.75) is 26.2 Å². The molecule has 0 unspecified atom stereocenters. The summed E-state index contributed by atoms with van der Waals surface area (Å²) in [6, 6.07) is 10.5. The van der Waals surface area contributed by atoms with Crippen LogP contribution in [0.25, 0.3) is 5.57 Å². The molecule has 0 N–H and O–H groups in total. The lowest BCUT2D eigenvalue weighted by Crippen LogP contribution is -2.31. The van der Waals surface area contributed by atoms with E-state index in [2.05, 4.69) is 30.3 Å². The molecule has 0 atom stereocenters. The van der Waals surface area contributed by atoms with Crippen LogP contribution in [0.1, 0.15) is 31.7 Å². The average Bonchev–Trinajstić information content (AvgIpc) is 2.64. The predicted octanol–water partition coefficient (Wildman–Crippen LogP) is 3.10. The summed E-state index contributed by atoms with van der Waals surface area (Å²) in [5, 5.41) is 0. The largest absolute Gasteiger partial charge is 0.342 e. The minimum Gasteiger partial charge on any atom is -0.342 e. The van der Waals surface area contributed by atoms with Crippen LogP contribution in [0.2, 0.25) is 0 Å². The second-order valence-electron chi connectivity index (χ2n) is 4.37. The third-order valence-corrected chi connectivity index (χ3v) is 3.24. The van der Waals surface area contributed by atoms with Crippen molar-refractivity contribution in [1.82, 2.24) is 4.90 Å². The van der Waals surface area contributed by atoms with Crippen molar-refractivity contribution >= 4 is 11.5 Å². The van der Waals surface area contributed by atoms with Gasteiger partial charge in [0.1, 0.15) is 0 Å². The van der Waals surface area contributed by atoms with Gasteiger partial charge in [0.05, 0.1) is 0 Å². The second kappa shape index (κ2) is 5.67. The Bertz CT molecular complexity index is 408. The lowest BCUT2D eigenvalue weighted by Gasteiger charge is -2.19. The number of hydrogen-bond donors (Lipinski definition) is 0. The first kappa shape index (κ1) is 11.9. The highest BCUT2D eigenvalue weighted by Crippen LogP contribution is 2.22. The van der Waals surface area contributed by atoms with Crippen LogP contribution in [0.4, 0.5) is 0 Å². The van der Waals surface area contributed by atoms with E-state index in [1.54, 1.807) is 0 Å². The topological polar surface area (TPSA) is 20.3 Å². The van der Waals surface area contributed by atoms with Gasteiger partial charge in [0.15, 0.2) is 0 Å². The van der Waals surface area contributed by atoms with Gasteiger partial charge < -0.3 is 4.90 Å². The first-order valence-corrected chi connectivity index (χ1v) is 6.33. The van der Waals surface area contributed by atoms with Crippen LogP contribution < -0.4 is 0 Å². The maximum Gasteiger partial charge on any atom is 0.222 e. The van der Waals surface area contributed by atoms with Gasteiger partial charge in [-0.1, -0.05) is 43.3 Å². The van der Waals surface area contributed by atoms with E-state index >= 15 is 0 Å². The smallest absolute Gasteiger partial charge is 0.222 e. The first-order valence-electron chi connectivity index (χ1n) is 6.33. The van der Waals surface area contributed by atoms with E-state index in [0.29, 0.717) is 6.42 Å². The molecule has 0 bridgehead atoms. The number of carbonyl (C=O) groups is 1. The SMILES string of the molecule is CCC(=O)N1CCC=C(c2ccccc2)CC1. The van der Waals surface area contributed by atoms with Crippen LogP contribution in [0.5, 0.6) is 0 Å². The molecule has 0 spiro atoms. The molecule has 0 fully saturated rings. The van der Waals surface area contributed by atoms with E-state index in [1.165, 1.54) is 11.1 Å². The Morgan fingerprint density at radius 1 is 1.24 bits per heavy atom. The zero-order valence-electron chi connectivity index (χ0n) is 10.4. The maximum atomic E-state index is 11.7. The molecule has 1 amide bonds. The third kappa shape index (κ3) is 2.96. The lowest BCUT2D eigenvalue weighted by atomic mass is 10.0. The molecule has 0 radical (unpaired) electrons. The van der Waals surface area contributed by atoms with E-state index in [9.17, 15) is 4.79 Å². The standard InChI is InChI=1S/C15H19NO/c1-2-15(17)16-11-6-9-14(10-12-16)13-7-4-3-5-8-13/h3-5,7-9H,2,6,10-12H2,1H3. The highest BCUT2D eigenvalue weighted by atomic mass is 16.2. The van der Waals surface area contributed by atoms with Gasteiger partial charge in [-0.3, -0.25) is 4.79 Å². The average molecular weight is 229 g/mol. The van der Waals surface area contributed by atoms with Gasteiger partial charge in [-0.2, -0.15) is 0 Å². The molecular formula is C15H19NO.